The number of aromatic hydroxyl groups is 1. The first-order valence-electron chi connectivity index (χ1n) is 9.73. The van der Waals surface area contributed by atoms with Gasteiger partial charge in [-0.05, 0) is 67.0 Å². The van der Waals surface area contributed by atoms with Crippen LogP contribution in [0.5, 0.6) is 5.75 Å². The highest BCUT2D eigenvalue weighted by atomic mass is 16.3. The minimum absolute atomic E-state index is 0.157. The Morgan fingerprint density at radius 1 is 1.21 bits per heavy atom. The molecule has 6 heteroatoms. The molecule has 3 aromatic rings. The number of rotatable bonds is 4. The van der Waals surface area contributed by atoms with Crippen LogP contribution in [0, 0.1) is 11.3 Å². The van der Waals surface area contributed by atoms with E-state index in [2.05, 4.69) is 27.1 Å². The van der Waals surface area contributed by atoms with Gasteiger partial charge in [-0.3, -0.25) is 0 Å². The molecule has 1 saturated heterocycles. The van der Waals surface area contributed by atoms with E-state index in [1.165, 1.54) is 12.8 Å². The van der Waals surface area contributed by atoms with Gasteiger partial charge in [-0.1, -0.05) is 6.58 Å². The van der Waals surface area contributed by atoms with E-state index >= 15 is 0 Å². The van der Waals surface area contributed by atoms with E-state index in [0.29, 0.717) is 28.4 Å². The van der Waals surface area contributed by atoms with Gasteiger partial charge in [0.1, 0.15) is 11.4 Å². The maximum atomic E-state index is 10.5. The van der Waals surface area contributed by atoms with E-state index in [0.717, 1.165) is 30.8 Å². The number of benzene rings is 1. The van der Waals surface area contributed by atoms with Crippen molar-refractivity contribution >= 4 is 5.57 Å². The fourth-order valence-corrected chi connectivity index (χ4v) is 4.35. The molecule has 1 saturated carbocycles. The largest absolute Gasteiger partial charge is 0.507 e. The summed E-state index contributed by atoms with van der Waals surface area (Å²) in [5.74, 6) is 1.20. The lowest BCUT2D eigenvalue weighted by molar-refractivity contribution is 0.288. The lowest BCUT2D eigenvalue weighted by Gasteiger charge is -2.33. The maximum absolute atomic E-state index is 10.5. The minimum atomic E-state index is 0.157. The normalized spacial score (nSPS) is 20.2. The van der Waals surface area contributed by atoms with Gasteiger partial charge in [0.15, 0.2) is 5.82 Å². The van der Waals surface area contributed by atoms with Crippen molar-refractivity contribution in [3.8, 4) is 22.7 Å². The average molecular weight is 373 g/mol. The van der Waals surface area contributed by atoms with Crippen LogP contribution in [0.2, 0.25) is 0 Å². The molecule has 28 heavy (non-hydrogen) atoms. The number of piperidine rings is 1. The Morgan fingerprint density at radius 2 is 2.04 bits per heavy atom. The van der Waals surface area contributed by atoms with Gasteiger partial charge in [0.2, 0.25) is 0 Å². The molecule has 1 atom stereocenters. The summed E-state index contributed by atoms with van der Waals surface area (Å²) in [4.78, 5) is 4.53. The summed E-state index contributed by atoms with van der Waals surface area (Å²) in [5, 5.41) is 22.6. The Hall–Kier alpha value is -2.99. The summed E-state index contributed by atoms with van der Waals surface area (Å²) < 4.78 is 1.94. The third kappa shape index (κ3) is 2.90. The van der Waals surface area contributed by atoms with Gasteiger partial charge in [0.25, 0.3) is 0 Å². The summed E-state index contributed by atoms with van der Waals surface area (Å²) >= 11 is 0. The number of allylic oxidation sites excluding steroid dienone is 1. The fraction of sp³-hybridized carbons (Fsp3) is 0.318. The van der Waals surface area contributed by atoms with Gasteiger partial charge >= 0.3 is 0 Å². The number of phenolic OH excluding ortho intramolecular Hbond substituents is 1. The molecule has 2 aromatic heterocycles. The highest BCUT2D eigenvalue weighted by molar-refractivity contribution is 5.68. The van der Waals surface area contributed by atoms with Crippen molar-refractivity contribution in [1.82, 2.24) is 25.1 Å². The molecule has 2 fully saturated rings. The van der Waals surface area contributed by atoms with Crippen molar-refractivity contribution in [2.45, 2.75) is 19.3 Å². The van der Waals surface area contributed by atoms with Crippen LogP contribution in [0.15, 0.2) is 55.5 Å². The van der Waals surface area contributed by atoms with Crippen LogP contribution in [-0.4, -0.2) is 37.9 Å². The second kappa shape index (κ2) is 6.56. The Balaban J connectivity index is 1.39. The van der Waals surface area contributed by atoms with Gasteiger partial charge in [-0.2, -0.15) is 0 Å². The molecule has 0 bridgehead atoms. The number of nitrogens with one attached hydrogen (secondary N) is 1. The first-order valence-corrected chi connectivity index (χ1v) is 9.73. The molecule has 0 unspecified atom stereocenters. The van der Waals surface area contributed by atoms with Gasteiger partial charge in [0, 0.05) is 36.3 Å². The van der Waals surface area contributed by atoms with Gasteiger partial charge in [-0.25, -0.2) is 4.98 Å². The van der Waals surface area contributed by atoms with Crippen molar-refractivity contribution in [3.63, 3.8) is 0 Å². The zero-order chi connectivity index (χ0) is 19.1. The topological polar surface area (TPSA) is 75.9 Å². The average Bonchev–Trinajstić information content (AvgIpc) is 3.27. The van der Waals surface area contributed by atoms with Gasteiger partial charge in [0.05, 0.1) is 6.20 Å². The molecule has 2 N–H and O–H groups in total. The van der Waals surface area contributed by atoms with Crippen LogP contribution in [0.1, 0.15) is 25.1 Å². The van der Waals surface area contributed by atoms with Crippen LogP contribution < -0.4 is 5.32 Å². The molecule has 1 aliphatic heterocycles. The van der Waals surface area contributed by atoms with E-state index < -0.39 is 0 Å². The van der Waals surface area contributed by atoms with E-state index in [1.807, 2.05) is 41.2 Å². The van der Waals surface area contributed by atoms with Crippen LogP contribution >= 0.6 is 0 Å². The molecular weight excluding hydrogens is 350 g/mol. The lowest BCUT2D eigenvalue weighted by atomic mass is 9.78. The Bertz CT molecular complexity index is 1010. The third-order valence-electron chi connectivity index (χ3n) is 6.15. The Labute approximate surface area is 164 Å². The fourth-order valence-electron chi connectivity index (χ4n) is 4.35. The number of phenols is 1. The molecule has 5 rings (SSSR count). The number of nitrogens with zero attached hydrogens (tertiary/aromatic N) is 4. The Morgan fingerprint density at radius 3 is 2.71 bits per heavy atom. The molecule has 142 valence electrons. The van der Waals surface area contributed by atoms with Crippen molar-refractivity contribution in [1.29, 1.82) is 0 Å². The van der Waals surface area contributed by atoms with E-state index in [1.54, 1.807) is 12.3 Å². The van der Waals surface area contributed by atoms with Crippen LogP contribution in [0.4, 0.5) is 0 Å². The monoisotopic (exact) mass is 373 g/mol. The van der Waals surface area contributed by atoms with Crippen LogP contribution in [-0.2, 0) is 0 Å². The molecule has 3 heterocycles. The third-order valence-corrected chi connectivity index (χ3v) is 6.15. The molecule has 0 radical (unpaired) electrons. The van der Waals surface area contributed by atoms with Crippen molar-refractivity contribution in [2.75, 3.05) is 13.1 Å². The van der Waals surface area contributed by atoms with Gasteiger partial charge in [-0.15, -0.1) is 10.2 Å². The Kier molecular flexibility index (Phi) is 4.02. The molecule has 1 aliphatic carbocycles. The summed E-state index contributed by atoms with van der Waals surface area (Å²) in [6.45, 7) is 6.37. The van der Waals surface area contributed by atoms with E-state index in [-0.39, 0.29) is 5.75 Å². The maximum Gasteiger partial charge on any atom is 0.177 e. The predicted octanol–water partition coefficient (Wildman–Crippen LogP) is 3.44. The molecule has 1 spiro atoms. The lowest BCUT2D eigenvalue weighted by Crippen LogP contribution is -2.38. The zero-order valence-electron chi connectivity index (χ0n) is 15.7. The quantitative estimate of drug-likeness (QED) is 0.733. The zero-order valence-corrected chi connectivity index (χ0v) is 15.7. The van der Waals surface area contributed by atoms with Crippen LogP contribution in [0.25, 0.3) is 22.5 Å². The molecule has 1 aromatic carbocycles. The molecular formula is C22H23N5O. The molecule has 6 nitrogen and oxygen atoms in total. The second-order valence-electron chi connectivity index (χ2n) is 7.86. The predicted molar refractivity (Wildman–Crippen MR) is 108 cm³/mol. The number of hydrogen-bond donors (Lipinski definition) is 2. The van der Waals surface area contributed by atoms with Crippen molar-refractivity contribution in [2.24, 2.45) is 11.3 Å². The summed E-state index contributed by atoms with van der Waals surface area (Å²) in [7, 11) is 0. The number of aromatic nitrogens is 4. The highest BCUT2D eigenvalue weighted by Gasteiger charge is 2.51. The number of hydrogen-bond acceptors (Lipinski definition) is 5. The summed E-state index contributed by atoms with van der Waals surface area (Å²) in [5.41, 5.74) is 3.40. The van der Waals surface area contributed by atoms with Crippen LogP contribution in [0.3, 0.4) is 0 Å². The van der Waals surface area contributed by atoms with Crippen molar-refractivity contribution < 1.29 is 5.11 Å². The van der Waals surface area contributed by atoms with Gasteiger partial charge < -0.3 is 15.0 Å². The summed E-state index contributed by atoms with van der Waals surface area (Å²) in [6.07, 6.45) is 9.12. The molecule has 0 amide bonds. The summed E-state index contributed by atoms with van der Waals surface area (Å²) in [6, 6.07) is 9.39. The van der Waals surface area contributed by atoms with Crippen molar-refractivity contribution in [3.05, 3.63) is 61.3 Å². The molecule has 2 aliphatic rings. The second-order valence-corrected chi connectivity index (χ2v) is 7.86. The van der Waals surface area contributed by atoms with E-state index in [4.69, 9.17) is 0 Å². The van der Waals surface area contributed by atoms with E-state index in [9.17, 15) is 5.11 Å². The first-order chi connectivity index (χ1) is 13.7. The highest BCUT2D eigenvalue weighted by Crippen LogP contribution is 2.57. The standard InChI is InChI=1S/C22H23N5O/c1-15(18-6-9-23-14-22(18)7-8-22)21-24-13-19(25-26-21)17-5-4-16(12-20(17)28)27-10-2-3-11-27/h2-5,10-13,18,23,28H,1,6-9,14H2/t18-/m0/s1. The first kappa shape index (κ1) is 17.1. The minimum Gasteiger partial charge on any atom is -0.507 e. The smallest absolute Gasteiger partial charge is 0.177 e. The SMILES string of the molecule is C=C(c1ncc(-c2ccc(-n3cccc3)cc2O)nn1)[C@@H]1CCNCC12CC2.